The Kier molecular flexibility index (Phi) is 2.69. The lowest BCUT2D eigenvalue weighted by Gasteiger charge is -1.96. The van der Waals surface area contributed by atoms with Crippen molar-refractivity contribution in [1.82, 2.24) is 19.7 Å². The summed E-state index contributed by atoms with van der Waals surface area (Å²) in [6.45, 7) is 0. The highest BCUT2D eigenvalue weighted by atomic mass is 32.2. The van der Waals surface area contributed by atoms with Crippen LogP contribution in [-0.4, -0.2) is 19.7 Å². The smallest absolute Gasteiger partial charge is 0.191 e. The quantitative estimate of drug-likeness (QED) is 0.796. The van der Waals surface area contributed by atoms with Gasteiger partial charge >= 0.3 is 0 Å². The van der Waals surface area contributed by atoms with Crippen molar-refractivity contribution in [2.75, 3.05) is 5.73 Å². The van der Waals surface area contributed by atoms with Crippen molar-refractivity contribution in [1.29, 1.82) is 0 Å². The van der Waals surface area contributed by atoms with Gasteiger partial charge in [-0.15, -0.1) is 21.5 Å². The fraction of sp³-hybridized carbons (Fsp3) is 0.286. The van der Waals surface area contributed by atoms with Gasteiger partial charge in [-0.3, -0.25) is 0 Å². The molecule has 0 atom stereocenters. The third-order valence-corrected chi connectivity index (χ3v) is 3.68. The third kappa shape index (κ3) is 2.05. The largest absolute Gasteiger partial charge is 0.375 e. The second kappa shape index (κ2) is 3.97. The molecule has 2 aromatic heterocycles. The molecular weight excluding hydrogens is 218 g/mol. The zero-order valence-electron chi connectivity index (χ0n) is 7.54. The molecule has 0 aromatic carbocycles. The van der Waals surface area contributed by atoms with Crippen molar-refractivity contribution in [2.24, 2.45) is 7.05 Å². The molecule has 2 heterocycles. The number of aryl methyl sites for hydroxylation is 1. The van der Waals surface area contributed by atoms with Crippen LogP contribution in [-0.2, 0) is 12.8 Å². The van der Waals surface area contributed by atoms with Crippen molar-refractivity contribution in [3.63, 3.8) is 0 Å². The number of nitrogens with zero attached hydrogens (tertiary/aromatic N) is 4. The van der Waals surface area contributed by atoms with E-state index >= 15 is 0 Å². The number of hydrogen-bond donors (Lipinski definition) is 1. The minimum absolute atomic E-state index is 0.610. The summed E-state index contributed by atoms with van der Waals surface area (Å²) in [6.07, 6.45) is 3.48. The Labute approximate surface area is 89.4 Å². The van der Waals surface area contributed by atoms with Crippen LogP contribution in [0, 0.1) is 0 Å². The van der Waals surface area contributed by atoms with E-state index < -0.39 is 0 Å². The molecule has 0 saturated heterocycles. The molecule has 74 valence electrons. The average molecular weight is 227 g/mol. The van der Waals surface area contributed by atoms with Gasteiger partial charge in [-0.25, -0.2) is 4.98 Å². The molecule has 0 bridgehead atoms. The van der Waals surface area contributed by atoms with Gasteiger partial charge in [-0.1, -0.05) is 11.8 Å². The highest BCUT2D eigenvalue weighted by Gasteiger charge is 2.04. The van der Waals surface area contributed by atoms with E-state index in [1.807, 2.05) is 11.6 Å². The van der Waals surface area contributed by atoms with Crippen LogP contribution in [0.5, 0.6) is 0 Å². The molecule has 2 aromatic rings. The molecule has 0 amide bonds. The van der Waals surface area contributed by atoms with E-state index in [0.717, 1.165) is 15.8 Å². The lowest BCUT2D eigenvalue weighted by molar-refractivity contribution is 0.788. The summed E-state index contributed by atoms with van der Waals surface area (Å²) in [4.78, 5) is 5.13. The Morgan fingerprint density at radius 2 is 2.50 bits per heavy atom. The molecule has 0 saturated carbocycles. The van der Waals surface area contributed by atoms with Crippen LogP contribution >= 0.6 is 23.1 Å². The van der Waals surface area contributed by atoms with Crippen LogP contribution in [0.1, 0.15) is 4.88 Å². The first-order valence-electron chi connectivity index (χ1n) is 3.92. The van der Waals surface area contributed by atoms with Gasteiger partial charge in [-0.2, -0.15) is 0 Å². The topological polar surface area (TPSA) is 69.6 Å². The number of thioether (sulfide) groups is 1. The molecule has 0 radical (unpaired) electrons. The molecule has 2 N–H and O–H groups in total. The van der Waals surface area contributed by atoms with Gasteiger partial charge in [-0.05, 0) is 0 Å². The van der Waals surface area contributed by atoms with Crippen molar-refractivity contribution < 1.29 is 0 Å². The molecule has 0 spiro atoms. The molecular formula is C7H9N5S2. The molecule has 0 fully saturated rings. The fourth-order valence-corrected chi connectivity index (χ4v) is 2.52. The van der Waals surface area contributed by atoms with Crippen molar-refractivity contribution in [2.45, 2.75) is 10.9 Å². The monoisotopic (exact) mass is 227 g/mol. The predicted octanol–water partition coefficient (Wildman–Crippen LogP) is 1.15. The Morgan fingerprint density at radius 1 is 1.64 bits per heavy atom. The maximum Gasteiger partial charge on any atom is 0.191 e. The van der Waals surface area contributed by atoms with E-state index in [4.69, 9.17) is 5.73 Å². The highest BCUT2D eigenvalue weighted by Crippen LogP contribution is 2.24. The third-order valence-electron chi connectivity index (χ3n) is 1.58. The van der Waals surface area contributed by atoms with Gasteiger partial charge in [0.2, 0.25) is 0 Å². The number of nitrogens with two attached hydrogens (primary N) is 1. The molecule has 0 aliphatic rings. The van der Waals surface area contributed by atoms with E-state index in [-0.39, 0.29) is 0 Å². The Balaban J connectivity index is 1.98. The van der Waals surface area contributed by atoms with Gasteiger partial charge in [0.15, 0.2) is 10.3 Å². The Bertz CT molecular complexity index is 421. The SMILES string of the molecule is Cn1cnnc1SCc1cnc(N)s1. The minimum Gasteiger partial charge on any atom is -0.375 e. The molecule has 0 unspecified atom stereocenters. The Morgan fingerprint density at radius 3 is 3.07 bits per heavy atom. The van der Waals surface area contributed by atoms with E-state index in [1.165, 1.54) is 11.3 Å². The number of rotatable bonds is 3. The van der Waals surface area contributed by atoms with Gasteiger partial charge < -0.3 is 10.3 Å². The van der Waals surface area contributed by atoms with E-state index in [2.05, 4.69) is 15.2 Å². The van der Waals surface area contributed by atoms with Gasteiger partial charge in [0.25, 0.3) is 0 Å². The highest BCUT2D eigenvalue weighted by molar-refractivity contribution is 7.98. The number of nitrogen functional groups attached to an aromatic ring is 1. The molecule has 14 heavy (non-hydrogen) atoms. The first-order valence-corrected chi connectivity index (χ1v) is 5.73. The van der Waals surface area contributed by atoms with E-state index in [9.17, 15) is 0 Å². The fourth-order valence-electron chi connectivity index (χ4n) is 0.928. The summed E-state index contributed by atoms with van der Waals surface area (Å²) < 4.78 is 1.88. The van der Waals surface area contributed by atoms with Crippen LogP contribution in [0.15, 0.2) is 17.7 Å². The molecule has 5 nitrogen and oxygen atoms in total. The number of hydrogen-bond acceptors (Lipinski definition) is 6. The first kappa shape index (κ1) is 9.47. The lowest BCUT2D eigenvalue weighted by atomic mass is 10.6. The first-order chi connectivity index (χ1) is 6.75. The van der Waals surface area contributed by atoms with Gasteiger partial charge in [0.05, 0.1) is 0 Å². The lowest BCUT2D eigenvalue weighted by Crippen LogP contribution is -1.88. The summed E-state index contributed by atoms with van der Waals surface area (Å²) in [5.41, 5.74) is 5.52. The second-order valence-corrected chi connectivity index (χ2v) is 4.77. The average Bonchev–Trinajstić information content (AvgIpc) is 2.72. The van der Waals surface area contributed by atoms with Crippen LogP contribution in [0.4, 0.5) is 5.13 Å². The number of aromatic nitrogens is 4. The van der Waals surface area contributed by atoms with Crippen LogP contribution in [0.2, 0.25) is 0 Å². The second-order valence-electron chi connectivity index (χ2n) is 2.68. The van der Waals surface area contributed by atoms with Crippen molar-refractivity contribution in [3.8, 4) is 0 Å². The normalized spacial score (nSPS) is 10.6. The Hall–Kier alpha value is -1.08. The summed E-state index contributed by atoms with van der Waals surface area (Å²) in [6, 6.07) is 0. The van der Waals surface area contributed by atoms with Crippen molar-refractivity contribution >= 4 is 28.2 Å². The summed E-state index contributed by atoms with van der Waals surface area (Å²) in [5.74, 6) is 0.835. The zero-order chi connectivity index (χ0) is 9.97. The molecule has 0 aliphatic carbocycles. The molecule has 2 rings (SSSR count). The van der Waals surface area contributed by atoms with E-state index in [1.54, 1.807) is 24.3 Å². The summed E-state index contributed by atoms with van der Waals surface area (Å²) >= 11 is 3.13. The van der Waals surface area contributed by atoms with E-state index in [0.29, 0.717) is 5.13 Å². The number of anilines is 1. The van der Waals surface area contributed by atoms with Gasteiger partial charge in [0, 0.05) is 23.9 Å². The van der Waals surface area contributed by atoms with Crippen LogP contribution in [0.25, 0.3) is 0 Å². The van der Waals surface area contributed by atoms with Gasteiger partial charge in [0.1, 0.15) is 6.33 Å². The van der Waals surface area contributed by atoms with Crippen molar-refractivity contribution in [3.05, 3.63) is 17.4 Å². The number of thiazole rings is 1. The maximum absolute atomic E-state index is 5.52. The molecule has 0 aliphatic heterocycles. The standard InChI is InChI=1S/C7H9N5S2/c1-12-4-10-11-7(12)13-3-5-2-9-6(8)14-5/h2,4H,3H2,1H3,(H2,8,9). The maximum atomic E-state index is 5.52. The predicted molar refractivity (Wildman–Crippen MR) is 57.1 cm³/mol. The zero-order valence-corrected chi connectivity index (χ0v) is 9.18. The minimum atomic E-state index is 0.610. The molecule has 7 heteroatoms. The van der Waals surface area contributed by atoms with Crippen LogP contribution in [0.3, 0.4) is 0 Å². The summed E-state index contributed by atoms with van der Waals surface area (Å²) in [7, 11) is 1.92. The van der Waals surface area contributed by atoms with Crippen LogP contribution < -0.4 is 5.73 Å². The summed E-state index contributed by atoms with van der Waals surface area (Å²) in [5, 5.41) is 9.27.